The molecule has 1 aromatic rings. The molecule has 0 bridgehead atoms. The maximum Gasteiger partial charge on any atom is 0.244 e. The highest BCUT2D eigenvalue weighted by Gasteiger charge is 2.24. The number of anilines is 1. The highest BCUT2D eigenvalue weighted by atomic mass is 16.5. The molecule has 1 aliphatic carbocycles. The summed E-state index contributed by atoms with van der Waals surface area (Å²) in [6, 6.07) is 7.46. The zero-order valence-electron chi connectivity index (χ0n) is 14.0. The molecule has 2 amide bonds. The van der Waals surface area contributed by atoms with Crippen LogP contribution in [0, 0.1) is 0 Å². The van der Waals surface area contributed by atoms with Crippen LogP contribution >= 0.6 is 0 Å². The third kappa shape index (κ3) is 4.98. The summed E-state index contributed by atoms with van der Waals surface area (Å²) in [7, 11) is 1.57. The van der Waals surface area contributed by atoms with E-state index in [9.17, 15) is 9.59 Å². The van der Waals surface area contributed by atoms with Crippen molar-refractivity contribution in [2.24, 2.45) is 0 Å². The van der Waals surface area contributed by atoms with Crippen LogP contribution < -0.4 is 10.1 Å². The Labute approximate surface area is 138 Å². The van der Waals surface area contributed by atoms with Crippen molar-refractivity contribution in [3.63, 3.8) is 0 Å². The molecule has 0 aliphatic heterocycles. The van der Waals surface area contributed by atoms with E-state index in [0.29, 0.717) is 11.4 Å². The van der Waals surface area contributed by atoms with Gasteiger partial charge in [0.2, 0.25) is 11.8 Å². The minimum absolute atomic E-state index is 0.0351. The standard InChI is InChI=1S/C18H26N2O3/c1-14(21)20(15-9-5-3-4-6-10-15)13-18(22)19-16-11-7-8-12-17(16)23-2/h7-8,11-12,15H,3-6,9-10,13H2,1-2H3,(H,19,22). The third-order valence-corrected chi connectivity index (χ3v) is 4.36. The molecule has 1 aliphatic rings. The molecule has 1 N–H and O–H groups in total. The molecule has 0 heterocycles. The van der Waals surface area contributed by atoms with Gasteiger partial charge in [0.1, 0.15) is 12.3 Å². The van der Waals surface area contributed by atoms with Crippen LogP contribution in [-0.2, 0) is 9.59 Å². The van der Waals surface area contributed by atoms with Gasteiger partial charge in [-0.3, -0.25) is 9.59 Å². The molecule has 0 saturated heterocycles. The zero-order chi connectivity index (χ0) is 16.7. The minimum atomic E-state index is -0.186. The van der Waals surface area contributed by atoms with Gasteiger partial charge in [0.05, 0.1) is 12.8 Å². The van der Waals surface area contributed by atoms with Crippen LogP contribution in [0.15, 0.2) is 24.3 Å². The third-order valence-electron chi connectivity index (χ3n) is 4.36. The molecular formula is C18H26N2O3. The first kappa shape index (κ1) is 17.3. The normalized spacial score (nSPS) is 15.6. The van der Waals surface area contributed by atoms with Gasteiger partial charge in [-0.15, -0.1) is 0 Å². The van der Waals surface area contributed by atoms with Crippen LogP contribution in [0.5, 0.6) is 5.75 Å². The van der Waals surface area contributed by atoms with Crippen LogP contribution in [-0.4, -0.2) is 36.4 Å². The lowest BCUT2D eigenvalue weighted by atomic mass is 10.1. The highest BCUT2D eigenvalue weighted by Crippen LogP contribution is 2.24. The zero-order valence-corrected chi connectivity index (χ0v) is 14.0. The van der Waals surface area contributed by atoms with Gasteiger partial charge in [-0.05, 0) is 25.0 Å². The molecule has 2 rings (SSSR count). The summed E-state index contributed by atoms with van der Waals surface area (Å²) in [6.07, 6.45) is 6.67. The van der Waals surface area contributed by atoms with E-state index in [1.807, 2.05) is 12.1 Å². The number of amides is 2. The lowest BCUT2D eigenvalue weighted by molar-refractivity contribution is -0.135. The van der Waals surface area contributed by atoms with Gasteiger partial charge in [-0.25, -0.2) is 0 Å². The van der Waals surface area contributed by atoms with Crippen molar-refractivity contribution in [1.29, 1.82) is 0 Å². The van der Waals surface area contributed by atoms with E-state index in [4.69, 9.17) is 4.74 Å². The molecule has 5 nitrogen and oxygen atoms in total. The summed E-state index contributed by atoms with van der Waals surface area (Å²) in [5.41, 5.74) is 0.629. The lowest BCUT2D eigenvalue weighted by Gasteiger charge is -2.29. The number of para-hydroxylation sites is 2. The van der Waals surface area contributed by atoms with E-state index in [1.165, 1.54) is 12.8 Å². The van der Waals surface area contributed by atoms with Crippen LogP contribution in [0.1, 0.15) is 45.4 Å². The van der Waals surface area contributed by atoms with Crippen molar-refractivity contribution in [3.8, 4) is 5.75 Å². The number of nitrogens with one attached hydrogen (secondary N) is 1. The van der Waals surface area contributed by atoms with Gasteiger partial charge in [-0.1, -0.05) is 37.8 Å². The van der Waals surface area contributed by atoms with Gasteiger partial charge < -0.3 is 15.0 Å². The van der Waals surface area contributed by atoms with E-state index in [-0.39, 0.29) is 24.4 Å². The van der Waals surface area contributed by atoms with Crippen molar-refractivity contribution >= 4 is 17.5 Å². The Kier molecular flexibility index (Phi) is 6.44. The Morgan fingerprint density at radius 1 is 1.17 bits per heavy atom. The van der Waals surface area contributed by atoms with Gasteiger partial charge >= 0.3 is 0 Å². The summed E-state index contributed by atoms with van der Waals surface area (Å²) >= 11 is 0. The van der Waals surface area contributed by atoms with Crippen molar-refractivity contribution < 1.29 is 14.3 Å². The first-order chi connectivity index (χ1) is 11.1. The predicted octanol–water partition coefficient (Wildman–Crippen LogP) is 3.21. The fourth-order valence-corrected chi connectivity index (χ4v) is 3.16. The molecule has 1 saturated carbocycles. The van der Waals surface area contributed by atoms with Crippen molar-refractivity contribution in [3.05, 3.63) is 24.3 Å². The molecule has 0 radical (unpaired) electrons. The Balaban J connectivity index is 2.01. The topological polar surface area (TPSA) is 58.6 Å². The molecule has 1 aromatic carbocycles. The van der Waals surface area contributed by atoms with E-state index >= 15 is 0 Å². The number of methoxy groups -OCH3 is 1. The molecule has 23 heavy (non-hydrogen) atoms. The van der Waals surface area contributed by atoms with E-state index in [1.54, 1.807) is 31.1 Å². The second-order valence-electron chi connectivity index (χ2n) is 6.04. The summed E-state index contributed by atoms with van der Waals surface area (Å²) in [5.74, 6) is 0.394. The first-order valence-electron chi connectivity index (χ1n) is 8.32. The van der Waals surface area contributed by atoms with Crippen molar-refractivity contribution in [1.82, 2.24) is 4.90 Å². The predicted molar refractivity (Wildman–Crippen MR) is 90.5 cm³/mol. The molecule has 0 atom stereocenters. The average molecular weight is 318 g/mol. The average Bonchev–Trinajstić information content (AvgIpc) is 2.82. The number of rotatable bonds is 5. The summed E-state index contributed by atoms with van der Waals surface area (Å²) in [6.45, 7) is 1.64. The SMILES string of the molecule is COc1ccccc1NC(=O)CN(C(C)=O)C1CCCCCC1. The number of carbonyl (C=O) groups is 2. The summed E-state index contributed by atoms with van der Waals surface area (Å²) in [5, 5.41) is 2.84. The van der Waals surface area contributed by atoms with Crippen molar-refractivity contribution in [2.75, 3.05) is 19.0 Å². The van der Waals surface area contributed by atoms with Crippen LogP contribution in [0.3, 0.4) is 0 Å². The van der Waals surface area contributed by atoms with Gasteiger partial charge in [0.15, 0.2) is 0 Å². The molecule has 0 unspecified atom stereocenters. The minimum Gasteiger partial charge on any atom is -0.495 e. The van der Waals surface area contributed by atoms with E-state index in [0.717, 1.165) is 25.7 Å². The van der Waals surface area contributed by atoms with Crippen LogP contribution in [0.4, 0.5) is 5.69 Å². The summed E-state index contributed by atoms with van der Waals surface area (Å²) in [4.78, 5) is 26.1. The van der Waals surface area contributed by atoms with Gasteiger partial charge in [0.25, 0.3) is 0 Å². The number of carbonyl (C=O) groups excluding carboxylic acids is 2. The quantitative estimate of drug-likeness (QED) is 0.848. The lowest BCUT2D eigenvalue weighted by Crippen LogP contribution is -2.43. The Hall–Kier alpha value is -2.04. The molecular weight excluding hydrogens is 292 g/mol. The van der Waals surface area contributed by atoms with E-state index in [2.05, 4.69) is 5.32 Å². The highest BCUT2D eigenvalue weighted by molar-refractivity contribution is 5.95. The first-order valence-corrected chi connectivity index (χ1v) is 8.32. The fourth-order valence-electron chi connectivity index (χ4n) is 3.16. The maximum absolute atomic E-state index is 12.4. The maximum atomic E-state index is 12.4. The molecule has 5 heteroatoms. The molecule has 0 spiro atoms. The molecule has 1 fully saturated rings. The Morgan fingerprint density at radius 3 is 2.43 bits per heavy atom. The Bertz CT molecular complexity index is 537. The number of hydrogen-bond acceptors (Lipinski definition) is 3. The number of hydrogen-bond donors (Lipinski definition) is 1. The van der Waals surface area contributed by atoms with Gasteiger partial charge in [0, 0.05) is 13.0 Å². The number of ether oxygens (including phenoxy) is 1. The Morgan fingerprint density at radius 2 is 1.83 bits per heavy atom. The second-order valence-corrected chi connectivity index (χ2v) is 6.04. The van der Waals surface area contributed by atoms with Crippen LogP contribution in [0.2, 0.25) is 0 Å². The molecule has 0 aromatic heterocycles. The number of nitrogens with zero attached hydrogens (tertiary/aromatic N) is 1. The monoisotopic (exact) mass is 318 g/mol. The summed E-state index contributed by atoms with van der Waals surface area (Å²) < 4.78 is 5.24. The largest absolute Gasteiger partial charge is 0.495 e. The fraction of sp³-hybridized carbons (Fsp3) is 0.556. The molecule has 126 valence electrons. The number of benzene rings is 1. The van der Waals surface area contributed by atoms with E-state index < -0.39 is 0 Å². The van der Waals surface area contributed by atoms with Crippen molar-refractivity contribution in [2.45, 2.75) is 51.5 Å². The van der Waals surface area contributed by atoms with Crippen LogP contribution in [0.25, 0.3) is 0 Å². The smallest absolute Gasteiger partial charge is 0.244 e. The van der Waals surface area contributed by atoms with Gasteiger partial charge in [-0.2, -0.15) is 0 Å². The second kappa shape index (κ2) is 8.56.